The van der Waals surface area contributed by atoms with Gasteiger partial charge in [-0.15, -0.1) is 0 Å². The van der Waals surface area contributed by atoms with Crippen LogP contribution in [0.2, 0.25) is 0 Å². The smallest absolute Gasteiger partial charge is 0.252 e. The van der Waals surface area contributed by atoms with E-state index in [0.29, 0.717) is 5.56 Å². The molecule has 0 atom stereocenters. The van der Waals surface area contributed by atoms with E-state index in [4.69, 9.17) is 11.6 Å². The predicted octanol–water partition coefficient (Wildman–Crippen LogP) is 4.30. The van der Waals surface area contributed by atoms with Crippen molar-refractivity contribution < 1.29 is 4.79 Å². The van der Waals surface area contributed by atoms with Crippen LogP contribution in [0.3, 0.4) is 0 Å². The highest BCUT2D eigenvalue weighted by Gasteiger charge is 2.02. The summed E-state index contributed by atoms with van der Waals surface area (Å²) in [6, 6.07) is 15.7. The lowest BCUT2D eigenvalue weighted by atomic mass is 10.0. The van der Waals surface area contributed by atoms with Gasteiger partial charge in [-0.2, -0.15) is 0 Å². The Morgan fingerprint density at radius 1 is 1.06 bits per heavy atom. The van der Waals surface area contributed by atoms with Crippen molar-refractivity contribution in [2.24, 2.45) is 0 Å². The molecule has 0 amide bonds. The van der Waals surface area contributed by atoms with Crippen LogP contribution < -0.4 is 0 Å². The number of carbonyl (C=O) groups is 1. The molecule has 0 bridgehead atoms. The molecule has 0 N–H and O–H groups in total. The number of rotatable bonds is 3. The van der Waals surface area contributed by atoms with Gasteiger partial charge in [-0.3, -0.25) is 4.79 Å². The third-order valence-corrected chi connectivity index (χ3v) is 3.00. The molecule has 0 fully saturated rings. The van der Waals surface area contributed by atoms with Gasteiger partial charge < -0.3 is 0 Å². The van der Waals surface area contributed by atoms with E-state index in [2.05, 4.69) is 31.2 Å². The molecule has 0 spiro atoms. The van der Waals surface area contributed by atoms with Gasteiger partial charge in [-0.05, 0) is 46.8 Å². The number of aryl methyl sites for hydroxylation is 1. The Balaban J connectivity index is 2.36. The lowest BCUT2D eigenvalue weighted by Crippen LogP contribution is -1.88. The summed E-state index contributed by atoms with van der Waals surface area (Å²) in [5.74, 6) is 0. The molecule has 0 saturated heterocycles. The summed E-state index contributed by atoms with van der Waals surface area (Å²) in [5, 5.41) is -0.418. The summed E-state index contributed by atoms with van der Waals surface area (Å²) in [6.45, 7) is 2.13. The second-order valence-corrected chi connectivity index (χ2v) is 4.25. The quantitative estimate of drug-likeness (QED) is 0.736. The summed E-state index contributed by atoms with van der Waals surface area (Å²) in [5.41, 5.74) is 4.10. The topological polar surface area (TPSA) is 17.1 Å². The summed E-state index contributed by atoms with van der Waals surface area (Å²) in [6.07, 6.45) is 1.02. The average molecular weight is 245 g/mol. The molecule has 0 heterocycles. The van der Waals surface area contributed by atoms with Crippen molar-refractivity contribution >= 4 is 16.8 Å². The van der Waals surface area contributed by atoms with Gasteiger partial charge in [0.25, 0.3) is 5.24 Å². The molecule has 0 aliphatic carbocycles. The van der Waals surface area contributed by atoms with Crippen LogP contribution in [-0.4, -0.2) is 5.24 Å². The number of halogens is 1. The highest BCUT2D eigenvalue weighted by molar-refractivity contribution is 6.67. The fourth-order valence-corrected chi connectivity index (χ4v) is 1.89. The lowest BCUT2D eigenvalue weighted by Gasteiger charge is -2.04. The first-order valence-corrected chi connectivity index (χ1v) is 5.97. The van der Waals surface area contributed by atoms with Gasteiger partial charge in [0.1, 0.15) is 0 Å². The van der Waals surface area contributed by atoms with Crippen LogP contribution in [0.15, 0.2) is 48.5 Å². The van der Waals surface area contributed by atoms with Crippen LogP contribution in [0.1, 0.15) is 22.8 Å². The van der Waals surface area contributed by atoms with Gasteiger partial charge >= 0.3 is 0 Å². The second-order valence-electron chi connectivity index (χ2n) is 3.90. The van der Waals surface area contributed by atoms with Crippen molar-refractivity contribution in [1.82, 2.24) is 0 Å². The molecule has 1 nitrogen and oxygen atoms in total. The Morgan fingerprint density at radius 3 is 2.35 bits per heavy atom. The molecule has 0 aromatic heterocycles. The fourth-order valence-electron chi connectivity index (χ4n) is 1.76. The minimum Gasteiger partial charge on any atom is -0.276 e. The van der Waals surface area contributed by atoms with Gasteiger partial charge in [0.15, 0.2) is 0 Å². The molecule has 0 unspecified atom stereocenters. The Labute approximate surface area is 106 Å². The molecular formula is C15H13ClO. The maximum absolute atomic E-state index is 11.0. The van der Waals surface area contributed by atoms with E-state index in [1.165, 1.54) is 5.56 Å². The lowest BCUT2D eigenvalue weighted by molar-refractivity contribution is 0.108. The van der Waals surface area contributed by atoms with Crippen LogP contribution in [0.5, 0.6) is 0 Å². The van der Waals surface area contributed by atoms with Gasteiger partial charge in [0, 0.05) is 5.56 Å². The summed E-state index contributed by atoms with van der Waals surface area (Å²) in [7, 11) is 0. The normalized spacial score (nSPS) is 10.2. The molecule has 17 heavy (non-hydrogen) atoms. The Morgan fingerprint density at radius 2 is 1.76 bits per heavy atom. The molecule has 0 aliphatic heterocycles. The molecular weight excluding hydrogens is 232 g/mol. The standard InChI is InChI=1S/C15H13ClO/c1-2-11-4-3-5-14(10-11)12-6-8-13(9-7-12)15(16)17/h3-10H,2H2,1H3. The van der Waals surface area contributed by atoms with E-state index in [1.54, 1.807) is 12.1 Å². The van der Waals surface area contributed by atoms with Crippen LogP contribution in [0.25, 0.3) is 11.1 Å². The Bertz CT molecular complexity index is 529. The molecule has 86 valence electrons. The third-order valence-electron chi connectivity index (χ3n) is 2.78. The van der Waals surface area contributed by atoms with Crippen molar-refractivity contribution in [1.29, 1.82) is 0 Å². The van der Waals surface area contributed by atoms with E-state index in [9.17, 15) is 4.79 Å². The zero-order chi connectivity index (χ0) is 12.3. The third kappa shape index (κ3) is 2.75. The maximum atomic E-state index is 11.0. The fraction of sp³-hybridized carbons (Fsp3) is 0.133. The molecule has 2 aromatic carbocycles. The molecule has 2 aromatic rings. The Kier molecular flexibility index (Phi) is 3.60. The van der Waals surface area contributed by atoms with E-state index in [1.807, 2.05) is 12.1 Å². The molecule has 0 radical (unpaired) electrons. The van der Waals surface area contributed by atoms with Crippen molar-refractivity contribution in [3.63, 3.8) is 0 Å². The number of benzene rings is 2. The van der Waals surface area contributed by atoms with Crippen molar-refractivity contribution in [3.05, 3.63) is 59.7 Å². The minimum absolute atomic E-state index is 0.418. The largest absolute Gasteiger partial charge is 0.276 e. The van der Waals surface area contributed by atoms with Gasteiger partial charge in [0.2, 0.25) is 0 Å². The van der Waals surface area contributed by atoms with Crippen LogP contribution in [0, 0.1) is 0 Å². The van der Waals surface area contributed by atoms with Gasteiger partial charge in [-0.25, -0.2) is 0 Å². The summed E-state index contributed by atoms with van der Waals surface area (Å²) >= 11 is 5.41. The van der Waals surface area contributed by atoms with Crippen molar-refractivity contribution in [3.8, 4) is 11.1 Å². The predicted molar refractivity (Wildman–Crippen MR) is 71.4 cm³/mol. The molecule has 2 rings (SSSR count). The van der Waals surface area contributed by atoms with Crippen molar-refractivity contribution in [2.75, 3.05) is 0 Å². The highest BCUT2D eigenvalue weighted by Crippen LogP contribution is 2.21. The summed E-state index contributed by atoms with van der Waals surface area (Å²) < 4.78 is 0. The zero-order valence-corrected chi connectivity index (χ0v) is 10.4. The summed E-state index contributed by atoms with van der Waals surface area (Å²) in [4.78, 5) is 11.0. The molecule has 2 heteroatoms. The van der Waals surface area contributed by atoms with E-state index in [0.717, 1.165) is 17.5 Å². The van der Waals surface area contributed by atoms with Gasteiger partial charge in [-0.1, -0.05) is 43.3 Å². The van der Waals surface area contributed by atoms with E-state index in [-0.39, 0.29) is 0 Å². The number of carbonyl (C=O) groups excluding carboxylic acids is 1. The van der Waals surface area contributed by atoms with E-state index < -0.39 is 5.24 Å². The monoisotopic (exact) mass is 244 g/mol. The molecule has 0 aliphatic rings. The van der Waals surface area contributed by atoms with E-state index >= 15 is 0 Å². The Hall–Kier alpha value is -1.60. The first-order chi connectivity index (χ1) is 8.20. The van der Waals surface area contributed by atoms with Crippen LogP contribution >= 0.6 is 11.6 Å². The molecule has 0 saturated carbocycles. The highest BCUT2D eigenvalue weighted by atomic mass is 35.5. The average Bonchev–Trinajstić information content (AvgIpc) is 2.39. The first kappa shape index (κ1) is 11.9. The van der Waals surface area contributed by atoms with Gasteiger partial charge in [0.05, 0.1) is 0 Å². The number of hydrogen-bond acceptors (Lipinski definition) is 1. The van der Waals surface area contributed by atoms with Crippen molar-refractivity contribution in [2.45, 2.75) is 13.3 Å². The number of hydrogen-bond donors (Lipinski definition) is 0. The first-order valence-electron chi connectivity index (χ1n) is 5.60. The second kappa shape index (κ2) is 5.15. The SMILES string of the molecule is CCc1cccc(-c2ccc(C(=O)Cl)cc2)c1. The minimum atomic E-state index is -0.418. The van der Waals surface area contributed by atoms with Crippen LogP contribution in [-0.2, 0) is 6.42 Å². The zero-order valence-electron chi connectivity index (χ0n) is 9.61. The van der Waals surface area contributed by atoms with Crippen LogP contribution in [0.4, 0.5) is 0 Å². The maximum Gasteiger partial charge on any atom is 0.252 e.